The van der Waals surface area contributed by atoms with E-state index in [0.717, 1.165) is 39.4 Å². The molecule has 7 aromatic carbocycles. The van der Waals surface area contributed by atoms with Gasteiger partial charge < -0.3 is 0 Å². The van der Waals surface area contributed by atoms with Crippen molar-refractivity contribution in [3.8, 4) is 11.4 Å². The molecule has 13 heterocycles. The van der Waals surface area contributed by atoms with Crippen molar-refractivity contribution in [2.75, 3.05) is 0 Å². The first-order valence-electron chi connectivity index (χ1n) is 37.0. The molecule has 16 heteroatoms. The van der Waals surface area contributed by atoms with Crippen LogP contribution in [0.15, 0.2) is 257 Å². The summed E-state index contributed by atoms with van der Waals surface area (Å²) in [7, 11) is 12.5. The van der Waals surface area contributed by atoms with Crippen LogP contribution in [0.5, 0.6) is 0 Å². The second kappa shape index (κ2) is 28.1. The number of aromatic nitrogens is 16. The Kier molecular flexibility index (Phi) is 18.5. The minimum atomic E-state index is -0.0367. The summed E-state index contributed by atoms with van der Waals surface area (Å²) in [6, 6.07) is 61.6. The van der Waals surface area contributed by atoms with E-state index in [2.05, 4.69) is 391 Å². The predicted octanol–water partition coefficient (Wildman–Crippen LogP) is 16.3. The Labute approximate surface area is 629 Å². The molecule has 0 saturated carbocycles. The van der Waals surface area contributed by atoms with Gasteiger partial charge in [-0.05, 0) is 152 Å². The molecular weight excluding hydrogens is 1330 g/mol. The molecule has 13 aromatic heterocycles. The summed E-state index contributed by atoms with van der Waals surface area (Å²) in [6.07, 6.45) is 26.6. The Balaban J connectivity index is 0.000000104. The van der Waals surface area contributed by atoms with E-state index < -0.39 is 0 Å². The van der Waals surface area contributed by atoms with E-state index in [9.17, 15) is 0 Å². The van der Waals surface area contributed by atoms with Crippen LogP contribution in [0.4, 0.5) is 0 Å². The average Bonchev–Trinajstić information content (AvgIpc) is 1.55. The minimum absolute atomic E-state index is 0.0367. The zero-order valence-electron chi connectivity index (χ0n) is 65.4. The number of imidazole rings is 5. The Morgan fingerprint density at radius 1 is 0.370 bits per heavy atom. The van der Waals surface area contributed by atoms with Crippen LogP contribution in [0.25, 0.3) is 121 Å². The van der Waals surface area contributed by atoms with Crippen molar-refractivity contribution < 1.29 is 27.2 Å². The fourth-order valence-corrected chi connectivity index (χ4v) is 15.7. The first-order valence-corrected chi connectivity index (χ1v) is 37.0. The summed E-state index contributed by atoms with van der Waals surface area (Å²) in [5.74, 6) is 2.08. The third-order valence-corrected chi connectivity index (χ3v) is 21.1. The van der Waals surface area contributed by atoms with E-state index in [1.54, 1.807) is 0 Å². The molecule has 0 saturated heterocycles. The normalized spacial score (nSPS) is 11.8. The van der Waals surface area contributed by atoms with Crippen molar-refractivity contribution >= 4 is 110 Å². The van der Waals surface area contributed by atoms with Crippen molar-refractivity contribution in [2.24, 2.45) is 42.3 Å². The SMILES string of the molecule is Cc1cccc2cc(C(C)(C)C)n3cc[n+](C)c3c12.Cc1cccc2cc[n+]3cnn(C)c3c12.Cc1cccc2ccn3cc[n+](C)c3c12.Cc1cccc2nc(-c3ccccc3)n3cc[n+](C)c3c12.Cc1cccc2nc(C(C)(C)C)n3c4ccccc4[n+](C)c3c12.Cc1ccnc2ccn3cc[n+](C)c3c12. The summed E-state index contributed by atoms with van der Waals surface area (Å²) in [6.45, 7) is 26.4. The lowest BCUT2D eigenvalue weighted by Gasteiger charge is -2.18. The highest BCUT2D eigenvalue weighted by Crippen LogP contribution is 2.34. The van der Waals surface area contributed by atoms with E-state index in [-0.39, 0.29) is 10.8 Å². The minimum Gasteiger partial charge on any atom is -0.256 e. The zero-order valence-corrected chi connectivity index (χ0v) is 65.4. The second-order valence-corrected chi connectivity index (χ2v) is 30.8. The molecule has 0 bridgehead atoms. The monoisotopic (exact) mass is 1420 g/mol. The van der Waals surface area contributed by atoms with Crippen LogP contribution in [-0.2, 0) is 53.1 Å². The Hall–Kier alpha value is -12.6. The molecule has 0 unspecified atom stereocenters. The smallest absolute Gasteiger partial charge is 0.256 e. The quantitative estimate of drug-likeness (QED) is 0.153. The number of hydrogen-bond donors (Lipinski definition) is 0. The van der Waals surface area contributed by atoms with Crippen LogP contribution in [0, 0.1) is 41.5 Å². The Morgan fingerprint density at radius 2 is 0.852 bits per heavy atom. The van der Waals surface area contributed by atoms with Gasteiger partial charge in [0.05, 0.1) is 110 Å². The van der Waals surface area contributed by atoms with E-state index in [1.807, 2.05) is 54.8 Å². The summed E-state index contributed by atoms with van der Waals surface area (Å²) < 4.78 is 26.0. The Bertz CT molecular complexity index is 6580. The number of para-hydroxylation sites is 2. The van der Waals surface area contributed by atoms with Gasteiger partial charge in [0, 0.05) is 33.8 Å². The van der Waals surface area contributed by atoms with Gasteiger partial charge in [-0.3, -0.25) is 4.98 Å². The first-order chi connectivity index (χ1) is 51.9. The van der Waals surface area contributed by atoms with E-state index in [0.29, 0.717) is 0 Å². The first kappa shape index (κ1) is 71.1. The summed E-state index contributed by atoms with van der Waals surface area (Å²) in [5.41, 5.74) is 23.2. The van der Waals surface area contributed by atoms with Gasteiger partial charge in [-0.2, -0.15) is 13.2 Å². The molecule has 20 aromatic rings. The van der Waals surface area contributed by atoms with Crippen LogP contribution in [0.2, 0.25) is 0 Å². The number of nitrogens with zero attached hydrogens (tertiary/aromatic N) is 16. The van der Waals surface area contributed by atoms with E-state index >= 15 is 0 Å². The number of hydrogen-bond acceptors (Lipinski definition) is 4. The van der Waals surface area contributed by atoms with E-state index in [4.69, 9.17) is 9.97 Å². The Morgan fingerprint density at radius 3 is 1.48 bits per heavy atom. The standard InChI is InChI=1S/C20H22N3.C18H16N3.C17H21N2.C13H13N2.2C12H12N3/c1-13-9-8-10-14-17(13)18-22(5)15-11-6-7-12-16(15)23(18)19(21-14)20(2,3)4;1-13-7-6-10-15-16(13)18-20(2)11-12-21(18)17(19-15)14-8-4-3-5-9-14;1-12-7-6-8-13-11-14(17(2,3)4)19-10-9-18(5)16(19)15(12)13;1-10-4-3-5-11-6-7-15-9-8-14(2)13(15)12(10)11;1-9-3-5-13-10-4-6-15-8-7-14(2)12(15)11(9)10;1-9-4-3-5-10-6-7-15-8-13-14(2)12(15)11(9)10/h6-12H,1-5H3;3-12H,1-2H3;6-11H,1-5H3;3-9H,1-2H3;2*3-8H,1-2H3/q6*+1. The molecule has 16 nitrogen and oxygen atoms in total. The molecule has 20 rings (SSSR count). The molecule has 0 atom stereocenters. The molecule has 0 spiro atoms. The maximum Gasteiger partial charge on any atom is 0.298 e. The zero-order chi connectivity index (χ0) is 75.8. The maximum atomic E-state index is 5.05. The second-order valence-electron chi connectivity index (χ2n) is 30.8. The lowest BCUT2D eigenvalue weighted by Crippen LogP contribution is -2.29. The van der Waals surface area contributed by atoms with Crippen LogP contribution >= 0.6 is 0 Å². The van der Waals surface area contributed by atoms with Crippen molar-refractivity contribution in [2.45, 2.75) is 93.9 Å². The molecular formula is C92H96N16+6. The van der Waals surface area contributed by atoms with E-state index in [1.165, 1.54) is 127 Å². The van der Waals surface area contributed by atoms with Crippen molar-refractivity contribution in [3.63, 3.8) is 0 Å². The van der Waals surface area contributed by atoms with Gasteiger partial charge >= 0.3 is 0 Å². The van der Waals surface area contributed by atoms with Crippen molar-refractivity contribution in [3.05, 3.63) is 302 Å². The number of aryl methyl sites for hydroxylation is 12. The molecule has 0 radical (unpaired) electrons. The van der Waals surface area contributed by atoms with Gasteiger partial charge in [0.25, 0.3) is 40.2 Å². The third kappa shape index (κ3) is 12.7. The number of fused-ring (bicyclic) bond motifs is 20. The molecule has 0 amide bonds. The maximum absolute atomic E-state index is 5.05. The average molecular weight is 1430 g/mol. The molecule has 0 aliphatic rings. The van der Waals surface area contributed by atoms with Crippen LogP contribution in [0.1, 0.15) is 86.4 Å². The van der Waals surface area contributed by atoms with Gasteiger partial charge in [-0.25, -0.2) is 46.0 Å². The van der Waals surface area contributed by atoms with Gasteiger partial charge in [0.15, 0.2) is 11.0 Å². The van der Waals surface area contributed by atoms with Gasteiger partial charge in [0.2, 0.25) is 11.6 Å². The van der Waals surface area contributed by atoms with Crippen LogP contribution in [0.3, 0.4) is 0 Å². The van der Waals surface area contributed by atoms with Crippen molar-refractivity contribution in [1.82, 2.24) is 46.7 Å². The highest BCUT2D eigenvalue weighted by atomic mass is 15.3. The molecule has 0 aliphatic heterocycles. The van der Waals surface area contributed by atoms with Crippen LogP contribution < -0.4 is 27.2 Å². The molecule has 0 aliphatic carbocycles. The largest absolute Gasteiger partial charge is 0.298 e. The van der Waals surface area contributed by atoms with Gasteiger partial charge in [-0.15, -0.1) is 4.68 Å². The highest BCUT2D eigenvalue weighted by Gasteiger charge is 2.32. The number of benzene rings is 7. The molecule has 108 heavy (non-hydrogen) atoms. The van der Waals surface area contributed by atoms with Crippen molar-refractivity contribution in [1.29, 1.82) is 0 Å². The highest BCUT2D eigenvalue weighted by molar-refractivity contribution is 5.99. The molecule has 0 N–H and O–H groups in total. The van der Waals surface area contributed by atoms with Crippen LogP contribution in [-0.4, -0.2) is 46.7 Å². The lowest BCUT2D eigenvalue weighted by atomic mass is 9.90. The number of rotatable bonds is 1. The fourth-order valence-electron chi connectivity index (χ4n) is 15.7. The molecule has 0 fully saturated rings. The van der Waals surface area contributed by atoms with Gasteiger partial charge in [0.1, 0.15) is 55.3 Å². The number of pyridine rings is 5. The third-order valence-electron chi connectivity index (χ3n) is 21.1. The summed E-state index contributed by atoms with van der Waals surface area (Å²) in [5, 5.41) is 15.8. The fraction of sp³-hybridized carbons (Fsp3) is 0.217. The summed E-state index contributed by atoms with van der Waals surface area (Å²) >= 11 is 0. The lowest BCUT2D eigenvalue weighted by molar-refractivity contribution is -0.643. The molecule has 538 valence electrons. The van der Waals surface area contributed by atoms with Gasteiger partial charge in [-0.1, -0.05) is 151 Å². The summed E-state index contributed by atoms with van der Waals surface area (Å²) in [4.78, 5) is 14.3. The predicted molar refractivity (Wildman–Crippen MR) is 436 cm³/mol. The topological polar surface area (TPSA) is 102 Å².